The first-order valence-corrected chi connectivity index (χ1v) is 3.82. The van der Waals surface area contributed by atoms with Gasteiger partial charge in [-0.1, -0.05) is 18.2 Å². The third kappa shape index (κ3) is 5.63. The van der Waals surface area contributed by atoms with Gasteiger partial charge in [-0.05, 0) is 25.2 Å². The molecule has 0 saturated carbocycles. The van der Waals surface area contributed by atoms with E-state index in [1.807, 2.05) is 6.08 Å². The van der Waals surface area contributed by atoms with E-state index in [9.17, 15) is 0 Å². The molecule has 0 aliphatic carbocycles. The van der Waals surface area contributed by atoms with E-state index in [-0.39, 0.29) is 0 Å². The molecule has 2 heteroatoms. The van der Waals surface area contributed by atoms with E-state index in [2.05, 4.69) is 19.2 Å². The summed E-state index contributed by atoms with van der Waals surface area (Å²) in [6, 6.07) is 0. The highest BCUT2D eigenvalue weighted by molar-refractivity contribution is 7.80. The first kappa shape index (κ1) is 9.50. The minimum atomic E-state index is 0.556. The molecule has 0 aromatic heterocycles. The minimum Gasteiger partial charge on any atom is -0.306 e. The maximum atomic E-state index is 7.07. The number of hydrogen-bond acceptors (Lipinski definition) is 2. The van der Waals surface area contributed by atoms with Gasteiger partial charge >= 0.3 is 0 Å². The second-order valence-corrected chi connectivity index (χ2v) is 2.60. The monoisotopic (exact) mass is 155 g/mol. The first-order chi connectivity index (χ1) is 4.66. The van der Waals surface area contributed by atoms with Gasteiger partial charge in [0.2, 0.25) is 0 Å². The molecule has 0 aromatic rings. The second-order valence-electron chi connectivity index (χ2n) is 2.15. The van der Waals surface area contributed by atoms with Gasteiger partial charge in [-0.2, -0.15) is 12.6 Å². The van der Waals surface area contributed by atoms with E-state index in [1.165, 1.54) is 0 Å². The Labute approximate surface area is 67.8 Å². The van der Waals surface area contributed by atoms with Crippen molar-refractivity contribution in [2.75, 3.05) is 5.75 Å². The average molecular weight is 155 g/mol. The molecule has 0 amide bonds. The van der Waals surface area contributed by atoms with Crippen LogP contribution in [0, 0.1) is 5.41 Å². The molecule has 0 rings (SSSR count). The van der Waals surface area contributed by atoms with E-state index in [4.69, 9.17) is 5.41 Å². The summed E-state index contributed by atoms with van der Waals surface area (Å²) in [5.41, 5.74) is 1.59. The van der Waals surface area contributed by atoms with Crippen LogP contribution in [-0.2, 0) is 0 Å². The Morgan fingerprint density at radius 1 is 1.60 bits per heavy atom. The molecule has 56 valence electrons. The number of thiol groups is 1. The Hall–Kier alpha value is -0.500. The molecule has 1 nitrogen and oxygen atoms in total. The van der Waals surface area contributed by atoms with E-state index >= 15 is 0 Å². The van der Waals surface area contributed by atoms with Gasteiger partial charge < -0.3 is 5.41 Å². The highest BCUT2D eigenvalue weighted by atomic mass is 32.1. The lowest BCUT2D eigenvalue weighted by molar-refractivity contribution is 1.18. The van der Waals surface area contributed by atoms with E-state index in [1.54, 1.807) is 13.0 Å². The van der Waals surface area contributed by atoms with Crippen molar-refractivity contribution in [2.45, 2.75) is 13.3 Å². The summed E-state index contributed by atoms with van der Waals surface area (Å²) in [6.07, 6.45) is 4.50. The fourth-order valence-corrected chi connectivity index (χ4v) is 0.757. The van der Waals surface area contributed by atoms with E-state index in [0.29, 0.717) is 5.71 Å². The molecule has 0 bridgehead atoms. The highest BCUT2D eigenvalue weighted by Crippen LogP contribution is 2.00. The van der Waals surface area contributed by atoms with Crippen LogP contribution >= 0.6 is 12.6 Å². The van der Waals surface area contributed by atoms with Crippen LogP contribution in [0.2, 0.25) is 0 Å². The molecule has 0 aromatic carbocycles. The van der Waals surface area contributed by atoms with Crippen molar-refractivity contribution in [2.24, 2.45) is 0 Å². The van der Waals surface area contributed by atoms with Crippen molar-refractivity contribution < 1.29 is 0 Å². The maximum absolute atomic E-state index is 7.07. The van der Waals surface area contributed by atoms with Gasteiger partial charge in [-0.15, -0.1) is 0 Å². The summed E-state index contributed by atoms with van der Waals surface area (Å²) < 4.78 is 0. The van der Waals surface area contributed by atoms with Gasteiger partial charge in [0.15, 0.2) is 0 Å². The molecular weight excluding hydrogens is 142 g/mol. The predicted octanol–water partition coefficient (Wildman–Crippen LogP) is 2.46. The lowest BCUT2D eigenvalue weighted by Crippen LogP contribution is -1.81. The summed E-state index contributed by atoms with van der Waals surface area (Å²) in [5, 5.41) is 7.07. The average Bonchev–Trinajstić information content (AvgIpc) is 1.85. The normalized spacial score (nSPS) is 10.2. The number of hydrogen-bond donors (Lipinski definition) is 2. The molecule has 0 heterocycles. The molecule has 10 heavy (non-hydrogen) atoms. The molecule has 0 aliphatic rings. The summed E-state index contributed by atoms with van der Waals surface area (Å²) in [6.45, 7) is 5.52. The first-order valence-electron chi connectivity index (χ1n) is 3.18. The highest BCUT2D eigenvalue weighted by Gasteiger charge is 1.84. The maximum Gasteiger partial charge on any atom is 0.0283 e. The van der Waals surface area contributed by atoms with Crippen molar-refractivity contribution >= 4 is 18.3 Å². The Morgan fingerprint density at radius 3 is 2.60 bits per heavy atom. The molecule has 0 radical (unpaired) electrons. The van der Waals surface area contributed by atoms with Crippen LogP contribution in [0.3, 0.4) is 0 Å². The van der Waals surface area contributed by atoms with Crippen molar-refractivity contribution in [1.82, 2.24) is 0 Å². The van der Waals surface area contributed by atoms with Gasteiger partial charge in [-0.25, -0.2) is 0 Å². The molecule has 0 atom stereocenters. The van der Waals surface area contributed by atoms with Crippen LogP contribution in [0.4, 0.5) is 0 Å². The SMILES string of the molecule is C=C(/C=C\C(C)=N)CCS. The molecule has 1 N–H and O–H groups in total. The summed E-state index contributed by atoms with van der Waals surface area (Å²) >= 11 is 4.06. The van der Waals surface area contributed by atoms with Crippen molar-refractivity contribution in [1.29, 1.82) is 5.41 Å². The summed E-state index contributed by atoms with van der Waals surface area (Å²) in [4.78, 5) is 0. The summed E-state index contributed by atoms with van der Waals surface area (Å²) in [5.74, 6) is 0.820. The Bertz CT molecular complexity index is 159. The fourth-order valence-electron chi connectivity index (χ4n) is 0.470. The summed E-state index contributed by atoms with van der Waals surface area (Å²) in [7, 11) is 0. The quantitative estimate of drug-likeness (QED) is 0.354. The number of allylic oxidation sites excluding steroid dienone is 3. The van der Waals surface area contributed by atoms with Crippen LogP contribution in [-0.4, -0.2) is 11.5 Å². The van der Waals surface area contributed by atoms with Gasteiger partial charge in [0, 0.05) is 5.71 Å². The molecule has 0 aliphatic heterocycles. The molecule has 0 saturated heterocycles. The minimum absolute atomic E-state index is 0.556. The lowest BCUT2D eigenvalue weighted by atomic mass is 10.2. The van der Waals surface area contributed by atoms with Crippen LogP contribution in [0.15, 0.2) is 24.3 Å². The lowest BCUT2D eigenvalue weighted by Gasteiger charge is -1.92. The number of nitrogens with one attached hydrogen (secondary N) is 1. The third-order valence-corrected chi connectivity index (χ3v) is 1.23. The zero-order valence-electron chi connectivity index (χ0n) is 6.22. The standard InChI is InChI=1S/C8H13NS/c1-7(5-6-10)3-4-8(2)9/h3-4,9-10H,1,5-6H2,2H3/b4-3-,9-8?. The molecule has 0 fully saturated rings. The fraction of sp³-hybridized carbons (Fsp3) is 0.375. The zero-order chi connectivity index (χ0) is 7.98. The zero-order valence-corrected chi connectivity index (χ0v) is 7.12. The van der Waals surface area contributed by atoms with Crippen LogP contribution in [0.25, 0.3) is 0 Å². The van der Waals surface area contributed by atoms with Crippen molar-refractivity contribution in [3.63, 3.8) is 0 Å². The van der Waals surface area contributed by atoms with Crippen molar-refractivity contribution in [3.8, 4) is 0 Å². The Kier molecular flexibility index (Phi) is 5.03. The van der Waals surface area contributed by atoms with Crippen LogP contribution in [0.5, 0.6) is 0 Å². The van der Waals surface area contributed by atoms with Crippen LogP contribution < -0.4 is 0 Å². The Morgan fingerprint density at radius 2 is 2.20 bits per heavy atom. The van der Waals surface area contributed by atoms with Gasteiger partial charge in [-0.3, -0.25) is 0 Å². The second kappa shape index (κ2) is 5.30. The topological polar surface area (TPSA) is 23.9 Å². The molecule has 0 spiro atoms. The molecule has 0 unspecified atom stereocenters. The number of rotatable bonds is 4. The smallest absolute Gasteiger partial charge is 0.0283 e. The van der Waals surface area contributed by atoms with Crippen molar-refractivity contribution in [3.05, 3.63) is 24.3 Å². The van der Waals surface area contributed by atoms with Gasteiger partial charge in [0.1, 0.15) is 0 Å². The van der Waals surface area contributed by atoms with Crippen LogP contribution in [0.1, 0.15) is 13.3 Å². The van der Waals surface area contributed by atoms with Gasteiger partial charge in [0.25, 0.3) is 0 Å². The Balaban J connectivity index is 3.67. The molecular formula is C8H13NS. The van der Waals surface area contributed by atoms with E-state index < -0.39 is 0 Å². The van der Waals surface area contributed by atoms with Gasteiger partial charge in [0.05, 0.1) is 0 Å². The van der Waals surface area contributed by atoms with E-state index in [0.717, 1.165) is 17.7 Å². The largest absolute Gasteiger partial charge is 0.306 e. The predicted molar refractivity (Wildman–Crippen MR) is 50.2 cm³/mol. The third-order valence-electron chi connectivity index (χ3n) is 1.00.